The summed E-state index contributed by atoms with van der Waals surface area (Å²) in [6.45, 7) is 1.93. The third-order valence-corrected chi connectivity index (χ3v) is 5.71. The third kappa shape index (κ3) is 4.23. The average molecular weight is 477 g/mol. The number of H-pyrrole nitrogens is 1. The number of amides is 1. The van der Waals surface area contributed by atoms with Gasteiger partial charge in [-0.2, -0.15) is 0 Å². The van der Waals surface area contributed by atoms with E-state index < -0.39 is 0 Å². The predicted octanol–water partition coefficient (Wildman–Crippen LogP) is 4.35. The highest BCUT2D eigenvalue weighted by atomic mass is 16.5. The van der Waals surface area contributed by atoms with Crippen LogP contribution in [0.5, 0.6) is 0 Å². The van der Waals surface area contributed by atoms with Crippen LogP contribution in [0.3, 0.4) is 0 Å². The van der Waals surface area contributed by atoms with E-state index in [0.717, 1.165) is 39.4 Å². The Morgan fingerprint density at radius 3 is 2.64 bits per heavy atom. The zero-order valence-corrected chi connectivity index (χ0v) is 19.2. The Kier molecular flexibility index (Phi) is 5.30. The van der Waals surface area contributed by atoms with Crippen molar-refractivity contribution in [2.24, 2.45) is 0 Å². The Hall–Kier alpha value is -5.12. The van der Waals surface area contributed by atoms with Gasteiger partial charge in [-0.15, -0.1) is 0 Å². The number of hydrogen-bond acceptors (Lipinski definition) is 7. The number of rotatable bonds is 6. The van der Waals surface area contributed by atoms with E-state index in [4.69, 9.17) is 4.52 Å². The second-order valence-corrected chi connectivity index (χ2v) is 8.28. The maximum Gasteiger partial charge on any atom is 0.232 e. The van der Waals surface area contributed by atoms with Gasteiger partial charge >= 0.3 is 0 Å². The summed E-state index contributed by atoms with van der Waals surface area (Å²) in [5, 5.41) is 7.82. The molecular formula is C26H20N8O2. The van der Waals surface area contributed by atoms with Crippen LogP contribution in [0.1, 0.15) is 11.5 Å². The molecule has 36 heavy (non-hydrogen) atoms. The molecule has 0 unspecified atom stereocenters. The van der Waals surface area contributed by atoms with Crippen LogP contribution in [0.15, 0.2) is 84.3 Å². The smallest absolute Gasteiger partial charge is 0.232 e. The van der Waals surface area contributed by atoms with Crippen molar-refractivity contribution in [3.8, 4) is 28.3 Å². The van der Waals surface area contributed by atoms with Gasteiger partial charge < -0.3 is 14.8 Å². The van der Waals surface area contributed by atoms with Crippen LogP contribution in [0, 0.1) is 6.92 Å². The summed E-state index contributed by atoms with van der Waals surface area (Å²) in [5.41, 5.74) is 5.72. The van der Waals surface area contributed by atoms with Crippen LogP contribution in [-0.4, -0.2) is 40.6 Å². The van der Waals surface area contributed by atoms with Crippen molar-refractivity contribution in [2.45, 2.75) is 13.3 Å². The van der Waals surface area contributed by atoms with E-state index in [9.17, 15) is 4.79 Å². The van der Waals surface area contributed by atoms with Crippen LogP contribution in [0.4, 0.5) is 5.69 Å². The van der Waals surface area contributed by atoms with E-state index in [-0.39, 0.29) is 12.3 Å². The van der Waals surface area contributed by atoms with Crippen molar-refractivity contribution >= 4 is 22.6 Å². The molecule has 2 N–H and O–H groups in total. The summed E-state index contributed by atoms with van der Waals surface area (Å²) in [6, 6.07) is 15.0. The average Bonchev–Trinajstić information content (AvgIpc) is 3.64. The van der Waals surface area contributed by atoms with Gasteiger partial charge in [0.05, 0.1) is 17.5 Å². The fourth-order valence-electron chi connectivity index (χ4n) is 3.98. The Bertz CT molecular complexity index is 1670. The van der Waals surface area contributed by atoms with E-state index in [1.54, 1.807) is 24.8 Å². The highest BCUT2D eigenvalue weighted by molar-refractivity contribution is 5.93. The normalized spacial score (nSPS) is 11.1. The first kappa shape index (κ1) is 21.4. The van der Waals surface area contributed by atoms with Gasteiger partial charge in [-0.05, 0) is 42.8 Å². The van der Waals surface area contributed by atoms with Crippen LogP contribution < -0.4 is 5.32 Å². The Labute approximate surface area is 205 Å². The number of aryl methyl sites for hydroxylation is 1. The van der Waals surface area contributed by atoms with Crippen molar-refractivity contribution < 1.29 is 9.32 Å². The summed E-state index contributed by atoms with van der Waals surface area (Å²) >= 11 is 0. The van der Waals surface area contributed by atoms with Crippen LogP contribution >= 0.6 is 0 Å². The molecule has 5 heterocycles. The summed E-state index contributed by atoms with van der Waals surface area (Å²) in [5.74, 6) is 1.05. The van der Waals surface area contributed by atoms with Gasteiger partial charge in [0.25, 0.3) is 0 Å². The predicted molar refractivity (Wildman–Crippen MR) is 133 cm³/mol. The number of benzene rings is 1. The quantitative estimate of drug-likeness (QED) is 0.366. The molecule has 0 bridgehead atoms. The van der Waals surface area contributed by atoms with Gasteiger partial charge in [0.2, 0.25) is 5.91 Å². The van der Waals surface area contributed by atoms with Crippen molar-refractivity contribution in [3.63, 3.8) is 0 Å². The van der Waals surface area contributed by atoms with Gasteiger partial charge in [-0.25, -0.2) is 15.0 Å². The SMILES string of the molecule is Cc1cn(-c2ncnc3[nH]c(-c4ccc(NC(=O)Cc5cc(-c6ccncc6)no5)cc4)cc23)cn1. The first-order valence-electron chi connectivity index (χ1n) is 11.2. The molecule has 10 nitrogen and oxygen atoms in total. The molecule has 10 heteroatoms. The van der Waals surface area contributed by atoms with Crippen molar-refractivity contribution in [3.05, 3.63) is 91.2 Å². The third-order valence-electron chi connectivity index (χ3n) is 5.71. The summed E-state index contributed by atoms with van der Waals surface area (Å²) in [7, 11) is 0. The molecule has 6 aromatic rings. The molecular weight excluding hydrogens is 456 g/mol. The summed E-state index contributed by atoms with van der Waals surface area (Å²) in [6.07, 6.45) is 8.63. The first-order chi connectivity index (χ1) is 17.6. The monoisotopic (exact) mass is 476 g/mol. The second-order valence-electron chi connectivity index (χ2n) is 8.28. The minimum Gasteiger partial charge on any atom is -0.360 e. The summed E-state index contributed by atoms with van der Waals surface area (Å²) in [4.78, 5) is 32.9. The Balaban J connectivity index is 1.16. The maximum absolute atomic E-state index is 12.5. The number of fused-ring (bicyclic) bond motifs is 1. The standard InChI is InChI=1S/C26H20N8O2/c1-16-13-34(15-30-16)26-21-12-22(32-25(21)28-14-29-26)17-2-4-19(5-3-17)31-24(35)11-20-10-23(33-36-20)18-6-8-27-9-7-18/h2-10,12-15H,11H2,1H3,(H,31,35)(H,28,29,32). The summed E-state index contributed by atoms with van der Waals surface area (Å²) < 4.78 is 7.20. The maximum atomic E-state index is 12.5. The molecule has 0 saturated heterocycles. The topological polar surface area (TPSA) is 127 Å². The number of pyridine rings is 1. The number of imidazole rings is 1. The fraction of sp³-hybridized carbons (Fsp3) is 0.0769. The number of nitrogens with one attached hydrogen (secondary N) is 2. The molecule has 0 aliphatic carbocycles. The van der Waals surface area contributed by atoms with Crippen molar-refractivity contribution in [1.29, 1.82) is 0 Å². The fourth-order valence-corrected chi connectivity index (χ4v) is 3.98. The number of aromatic amines is 1. The lowest BCUT2D eigenvalue weighted by molar-refractivity contribution is -0.115. The molecule has 1 aromatic carbocycles. The van der Waals surface area contributed by atoms with E-state index >= 15 is 0 Å². The number of carbonyl (C=O) groups excluding carboxylic acids is 1. The van der Waals surface area contributed by atoms with E-state index in [1.165, 1.54) is 6.33 Å². The highest BCUT2D eigenvalue weighted by Gasteiger charge is 2.13. The molecule has 0 aliphatic heterocycles. The van der Waals surface area contributed by atoms with E-state index in [2.05, 4.69) is 35.4 Å². The molecule has 6 rings (SSSR count). The number of carbonyl (C=O) groups is 1. The van der Waals surface area contributed by atoms with Crippen LogP contribution in [0.25, 0.3) is 39.4 Å². The van der Waals surface area contributed by atoms with E-state index in [0.29, 0.717) is 17.1 Å². The molecule has 0 atom stereocenters. The van der Waals surface area contributed by atoms with Crippen LogP contribution in [-0.2, 0) is 11.2 Å². The number of anilines is 1. The van der Waals surface area contributed by atoms with Gasteiger partial charge in [-0.1, -0.05) is 17.3 Å². The highest BCUT2D eigenvalue weighted by Crippen LogP contribution is 2.27. The zero-order chi connectivity index (χ0) is 24.5. The molecule has 0 radical (unpaired) electrons. The zero-order valence-electron chi connectivity index (χ0n) is 19.2. The molecule has 5 aromatic heterocycles. The Morgan fingerprint density at radius 2 is 1.86 bits per heavy atom. The van der Waals surface area contributed by atoms with Gasteiger partial charge in [0, 0.05) is 41.6 Å². The van der Waals surface area contributed by atoms with Gasteiger partial charge in [-0.3, -0.25) is 14.3 Å². The lowest BCUT2D eigenvalue weighted by Gasteiger charge is -2.05. The van der Waals surface area contributed by atoms with E-state index in [1.807, 2.05) is 60.2 Å². The molecule has 0 fully saturated rings. The van der Waals surface area contributed by atoms with Crippen LogP contribution in [0.2, 0.25) is 0 Å². The molecule has 0 saturated carbocycles. The lowest BCUT2D eigenvalue weighted by Crippen LogP contribution is -2.13. The molecule has 0 aliphatic rings. The Morgan fingerprint density at radius 1 is 1.03 bits per heavy atom. The molecule has 1 amide bonds. The molecule has 176 valence electrons. The molecule has 0 spiro atoms. The second kappa shape index (κ2) is 8.91. The number of aromatic nitrogens is 7. The largest absolute Gasteiger partial charge is 0.360 e. The first-order valence-corrected chi connectivity index (χ1v) is 11.2. The number of nitrogens with zero attached hydrogens (tertiary/aromatic N) is 6. The van der Waals surface area contributed by atoms with Gasteiger partial charge in [0.1, 0.15) is 29.8 Å². The number of hydrogen-bond donors (Lipinski definition) is 2. The van der Waals surface area contributed by atoms with Crippen molar-refractivity contribution in [2.75, 3.05) is 5.32 Å². The van der Waals surface area contributed by atoms with Crippen molar-refractivity contribution in [1.82, 2.24) is 34.6 Å². The minimum atomic E-state index is -0.193. The minimum absolute atomic E-state index is 0.0804. The van der Waals surface area contributed by atoms with Gasteiger partial charge in [0.15, 0.2) is 5.82 Å². The lowest BCUT2D eigenvalue weighted by atomic mass is 10.1.